The largest absolute Gasteiger partial charge is 0.390 e. The van der Waals surface area contributed by atoms with Crippen LogP contribution < -0.4 is 5.32 Å². The van der Waals surface area contributed by atoms with Gasteiger partial charge in [-0.2, -0.15) is 0 Å². The molecule has 1 aliphatic carbocycles. The highest BCUT2D eigenvalue weighted by Gasteiger charge is 2.31. The van der Waals surface area contributed by atoms with Gasteiger partial charge in [0.1, 0.15) is 0 Å². The Morgan fingerprint density at radius 1 is 1.10 bits per heavy atom. The van der Waals surface area contributed by atoms with E-state index in [4.69, 9.17) is 0 Å². The normalized spacial score (nSPS) is 20.4. The van der Waals surface area contributed by atoms with Crippen LogP contribution in [0.3, 0.4) is 0 Å². The molecule has 0 aromatic heterocycles. The number of aliphatic hydroxyl groups excluding tert-OH is 1. The van der Waals surface area contributed by atoms with Gasteiger partial charge < -0.3 is 10.4 Å². The molecule has 3 rings (SSSR count). The van der Waals surface area contributed by atoms with Gasteiger partial charge in [-0.05, 0) is 22.8 Å². The van der Waals surface area contributed by atoms with Crippen LogP contribution in [-0.4, -0.2) is 17.1 Å². The zero-order chi connectivity index (χ0) is 14.7. The molecule has 1 amide bonds. The maximum atomic E-state index is 12.0. The van der Waals surface area contributed by atoms with Crippen LogP contribution in [0, 0.1) is 0 Å². The molecule has 106 valence electrons. The number of rotatable bonds is 3. The molecule has 2 aromatic rings. The summed E-state index contributed by atoms with van der Waals surface area (Å²) in [4.78, 5) is 12.0. The van der Waals surface area contributed by atoms with Gasteiger partial charge in [-0.3, -0.25) is 4.79 Å². The summed E-state index contributed by atoms with van der Waals surface area (Å²) in [6, 6.07) is 17.1. The first-order valence-corrected chi connectivity index (χ1v) is 7.03. The number of benzene rings is 2. The van der Waals surface area contributed by atoms with Crippen LogP contribution in [0.5, 0.6) is 0 Å². The average Bonchev–Trinajstić information content (AvgIpc) is 2.82. The first kappa shape index (κ1) is 13.6. The summed E-state index contributed by atoms with van der Waals surface area (Å²) in [5.74, 6) is -0.195. The molecule has 2 atom stereocenters. The lowest BCUT2D eigenvalue weighted by atomic mass is 10.1. The standard InChI is InChI=1S/C18H17NO2/c20-16-12-14-8-4-5-9-15(14)18(16)19-17(21)11-10-13-6-2-1-3-7-13/h1-11,16,18,20H,12H2,(H,19,21)/b11-10+/t16-,18+/m1/s1. The molecule has 1 aliphatic rings. The molecule has 3 nitrogen and oxygen atoms in total. The van der Waals surface area contributed by atoms with Gasteiger partial charge in [0.25, 0.3) is 0 Å². The van der Waals surface area contributed by atoms with E-state index in [9.17, 15) is 9.90 Å². The number of fused-ring (bicyclic) bond motifs is 1. The summed E-state index contributed by atoms with van der Waals surface area (Å²) in [5.41, 5.74) is 3.08. The highest BCUT2D eigenvalue weighted by atomic mass is 16.3. The highest BCUT2D eigenvalue weighted by molar-refractivity contribution is 5.92. The number of carbonyl (C=O) groups excluding carboxylic acids is 1. The molecule has 2 aromatic carbocycles. The molecule has 0 unspecified atom stereocenters. The monoisotopic (exact) mass is 279 g/mol. The van der Waals surface area contributed by atoms with Gasteiger partial charge in [-0.25, -0.2) is 0 Å². The van der Waals surface area contributed by atoms with Gasteiger partial charge in [-0.15, -0.1) is 0 Å². The van der Waals surface area contributed by atoms with Crippen molar-refractivity contribution in [1.29, 1.82) is 0 Å². The molecule has 3 heteroatoms. The molecule has 21 heavy (non-hydrogen) atoms. The Labute approximate surface area is 123 Å². The van der Waals surface area contributed by atoms with E-state index in [1.807, 2.05) is 54.6 Å². The predicted octanol–water partition coefficient (Wildman–Crippen LogP) is 2.47. The van der Waals surface area contributed by atoms with Crippen LogP contribution >= 0.6 is 0 Å². The first-order chi connectivity index (χ1) is 10.2. The number of carbonyl (C=O) groups is 1. The zero-order valence-electron chi connectivity index (χ0n) is 11.6. The quantitative estimate of drug-likeness (QED) is 0.848. The van der Waals surface area contributed by atoms with Crippen molar-refractivity contribution in [2.75, 3.05) is 0 Å². The summed E-state index contributed by atoms with van der Waals surface area (Å²) in [5, 5.41) is 13.0. The van der Waals surface area contributed by atoms with Crippen LogP contribution in [0.1, 0.15) is 22.7 Å². The third-order valence-electron chi connectivity index (χ3n) is 3.73. The van der Waals surface area contributed by atoms with Crippen LogP contribution in [0.25, 0.3) is 6.08 Å². The van der Waals surface area contributed by atoms with Gasteiger partial charge in [-0.1, -0.05) is 54.6 Å². The topological polar surface area (TPSA) is 49.3 Å². The molecule has 2 N–H and O–H groups in total. The Bertz CT molecular complexity index is 664. The Hall–Kier alpha value is -2.39. The summed E-state index contributed by atoms with van der Waals surface area (Å²) < 4.78 is 0. The second kappa shape index (κ2) is 5.94. The Balaban J connectivity index is 1.69. The van der Waals surface area contributed by atoms with E-state index < -0.39 is 6.10 Å². The third kappa shape index (κ3) is 3.03. The van der Waals surface area contributed by atoms with Gasteiger partial charge in [0.05, 0.1) is 12.1 Å². The molecule has 0 spiro atoms. The van der Waals surface area contributed by atoms with Crippen LogP contribution in [0.15, 0.2) is 60.7 Å². The molecule has 0 aliphatic heterocycles. The number of aliphatic hydroxyl groups is 1. The number of amides is 1. The highest BCUT2D eigenvalue weighted by Crippen LogP contribution is 2.31. The van der Waals surface area contributed by atoms with Crippen molar-refractivity contribution in [1.82, 2.24) is 5.32 Å². The van der Waals surface area contributed by atoms with Gasteiger partial charge >= 0.3 is 0 Å². The van der Waals surface area contributed by atoms with Crippen molar-refractivity contribution >= 4 is 12.0 Å². The third-order valence-corrected chi connectivity index (χ3v) is 3.73. The minimum atomic E-state index is -0.559. The molecule has 0 radical (unpaired) electrons. The van der Waals surface area contributed by atoms with Crippen molar-refractivity contribution in [2.45, 2.75) is 18.6 Å². The van der Waals surface area contributed by atoms with E-state index in [1.54, 1.807) is 6.08 Å². The van der Waals surface area contributed by atoms with E-state index in [0.29, 0.717) is 6.42 Å². The summed E-state index contributed by atoms with van der Waals surface area (Å²) in [6.07, 6.45) is 3.30. The fourth-order valence-corrected chi connectivity index (χ4v) is 2.69. The smallest absolute Gasteiger partial charge is 0.244 e. The van der Waals surface area contributed by atoms with Crippen molar-refractivity contribution in [3.63, 3.8) is 0 Å². The summed E-state index contributed by atoms with van der Waals surface area (Å²) >= 11 is 0. The van der Waals surface area contributed by atoms with E-state index >= 15 is 0 Å². The molecular formula is C18H17NO2. The minimum Gasteiger partial charge on any atom is -0.390 e. The second-order valence-electron chi connectivity index (χ2n) is 5.20. The minimum absolute atomic E-state index is 0.195. The Morgan fingerprint density at radius 3 is 2.62 bits per heavy atom. The van der Waals surface area contributed by atoms with E-state index in [2.05, 4.69) is 5.32 Å². The molecular weight excluding hydrogens is 262 g/mol. The van der Waals surface area contributed by atoms with Crippen LogP contribution in [0.2, 0.25) is 0 Å². The zero-order valence-corrected chi connectivity index (χ0v) is 11.6. The Kier molecular flexibility index (Phi) is 3.84. The van der Waals surface area contributed by atoms with Crippen molar-refractivity contribution in [3.05, 3.63) is 77.4 Å². The van der Waals surface area contributed by atoms with Crippen LogP contribution in [0.4, 0.5) is 0 Å². The second-order valence-corrected chi connectivity index (χ2v) is 5.20. The maximum absolute atomic E-state index is 12.0. The fourth-order valence-electron chi connectivity index (χ4n) is 2.69. The first-order valence-electron chi connectivity index (χ1n) is 7.03. The van der Waals surface area contributed by atoms with E-state index in [1.165, 1.54) is 6.08 Å². The van der Waals surface area contributed by atoms with Crippen molar-refractivity contribution < 1.29 is 9.90 Å². The lowest BCUT2D eigenvalue weighted by Gasteiger charge is -2.16. The molecule has 0 bridgehead atoms. The lowest BCUT2D eigenvalue weighted by molar-refractivity contribution is -0.117. The summed E-state index contributed by atoms with van der Waals surface area (Å²) in [6.45, 7) is 0. The predicted molar refractivity (Wildman–Crippen MR) is 82.5 cm³/mol. The molecule has 0 saturated heterocycles. The van der Waals surface area contributed by atoms with Gasteiger partial charge in [0, 0.05) is 12.5 Å². The lowest BCUT2D eigenvalue weighted by Crippen LogP contribution is -2.32. The van der Waals surface area contributed by atoms with Gasteiger partial charge in [0.2, 0.25) is 5.91 Å². The van der Waals surface area contributed by atoms with Gasteiger partial charge in [0.15, 0.2) is 0 Å². The maximum Gasteiger partial charge on any atom is 0.244 e. The fraction of sp³-hybridized carbons (Fsp3) is 0.167. The Morgan fingerprint density at radius 2 is 1.81 bits per heavy atom. The molecule has 0 heterocycles. The van der Waals surface area contributed by atoms with Crippen LogP contribution in [-0.2, 0) is 11.2 Å². The number of hydrogen-bond donors (Lipinski definition) is 2. The van der Waals surface area contributed by atoms with Crippen molar-refractivity contribution in [3.8, 4) is 0 Å². The van der Waals surface area contributed by atoms with E-state index in [-0.39, 0.29) is 11.9 Å². The average molecular weight is 279 g/mol. The molecule has 0 saturated carbocycles. The number of hydrogen-bond acceptors (Lipinski definition) is 2. The SMILES string of the molecule is O=C(/C=C/c1ccccc1)N[C@H]1c2ccccc2C[C@H]1O. The molecule has 0 fully saturated rings. The van der Waals surface area contributed by atoms with Crippen molar-refractivity contribution in [2.24, 2.45) is 0 Å². The van der Waals surface area contributed by atoms with E-state index in [0.717, 1.165) is 16.7 Å². The summed E-state index contributed by atoms with van der Waals surface area (Å²) in [7, 11) is 0. The number of nitrogens with one attached hydrogen (secondary N) is 1.